The van der Waals surface area contributed by atoms with Crippen molar-refractivity contribution in [3.05, 3.63) is 5.69 Å². The Morgan fingerprint density at radius 2 is 2.37 bits per heavy atom. The van der Waals surface area contributed by atoms with E-state index in [0.29, 0.717) is 12.6 Å². The van der Waals surface area contributed by atoms with E-state index in [9.17, 15) is 4.79 Å². The molecule has 1 aliphatic rings. The number of carbonyl (C=O) groups is 1. The number of nitrogen functional groups attached to an aromatic ring is 1. The molecule has 0 saturated carbocycles. The molecule has 106 valence electrons. The highest BCUT2D eigenvalue weighted by Crippen LogP contribution is 2.16. The molecule has 2 rings (SSSR count). The molecule has 0 radical (unpaired) electrons. The Labute approximate surface area is 112 Å². The molecule has 7 heteroatoms. The quantitative estimate of drug-likeness (QED) is 0.760. The summed E-state index contributed by atoms with van der Waals surface area (Å²) < 4.78 is 4.39. The van der Waals surface area contributed by atoms with Gasteiger partial charge in [0.15, 0.2) is 0 Å². The van der Waals surface area contributed by atoms with Crippen molar-refractivity contribution < 1.29 is 9.42 Å². The number of nitrogens with one attached hydrogen (secondary N) is 1. The van der Waals surface area contributed by atoms with Crippen LogP contribution in [0.2, 0.25) is 0 Å². The number of rotatable bonds is 5. The zero-order valence-electron chi connectivity index (χ0n) is 11.3. The van der Waals surface area contributed by atoms with Gasteiger partial charge in [0.05, 0.1) is 0 Å². The van der Waals surface area contributed by atoms with E-state index < -0.39 is 0 Å². The monoisotopic (exact) mass is 267 g/mol. The third-order valence-electron chi connectivity index (χ3n) is 3.58. The highest BCUT2D eigenvalue weighted by atomic mass is 16.6. The van der Waals surface area contributed by atoms with Gasteiger partial charge in [-0.1, -0.05) is 6.42 Å². The molecule has 1 saturated heterocycles. The van der Waals surface area contributed by atoms with Crippen molar-refractivity contribution in [3.63, 3.8) is 0 Å². The van der Waals surface area contributed by atoms with Crippen LogP contribution in [0.25, 0.3) is 0 Å². The standard InChI is InChI=1S/C12H21N5O2/c1-9-5-2-3-7-17(9)8-4-6-14-12(18)10-11(13)16-19-15-10/h9H,2-8H2,1H3,(H2,13,16)(H,14,18). The predicted molar refractivity (Wildman–Crippen MR) is 70.5 cm³/mol. The minimum Gasteiger partial charge on any atom is -0.379 e. The number of nitrogens with zero attached hydrogens (tertiary/aromatic N) is 3. The van der Waals surface area contributed by atoms with Crippen molar-refractivity contribution in [3.8, 4) is 0 Å². The van der Waals surface area contributed by atoms with Gasteiger partial charge in [-0.2, -0.15) is 0 Å². The summed E-state index contributed by atoms with van der Waals surface area (Å²) in [5, 5.41) is 9.61. The van der Waals surface area contributed by atoms with Gasteiger partial charge in [-0.15, -0.1) is 0 Å². The highest BCUT2D eigenvalue weighted by molar-refractivity contribution is 5.95. The van der Waals surface area contributed by atoms with Crippen LogP contribution in [0.1, 0.15) is 43.1 Å². The highest BCUT2D eigenvalue weighted by Gasteiger charge is 2.18. The van der Waals surface area contributed by atoms with Crippen LogP contribution >= 0.6 is 0 Å². The van der Waals surface area contributed by atoms with E-state index in [1.807, 2.05) is 0 Å². The molecule has 1 atom stereocenters. The fraction of sp³-hybridized carbons (Fsp3) is 0.750. The van der Waals surface area contributed by atoms with Crippen LogP contribution in [0, 0.1) is 0 Å². The van der Waals surface area contributed by atoms with Crippen molar-refractivity contribution in [2.45, 2.75) is 38.6 Å². The second-order valence-corrected chi connectivity index (χ2v) is 4.99. The smallest absolute Gasteiger partial charge is 0.277 e. The molecular formula is C12H21N5O2. The SMILES string of the molecule is CC1CCCCN1CCCNC(=O)c1nonc1N. The number of likely N-dealkylation sites (tertiary alicyclic amines) is 1. The van der Waals surface area contributed by atoms with Crippen molar-refractivity contribution in [2.75, 3.05) is 25.4 Å². The molecule has 19 heavy (non-hydrogen) atoms. The van der Waals surface area contributed by atoms with Gasteiger partial charge in [-0.3, -0.25) is 4.79 Å². The Hall–Kier alpha value is -1.63. The first kappa shape index (κ1) is 13.8. The van der Waals surface area contributed by atoms with Gasteiger partial charge in [0.1, 0.15) is 0 Å². The Morgan fingerprint density at radius 1 is 1.53 bits per heavy atom. The number of anilines is 1. The van der Waals surface area contributed by atoms with Gasteiger partial charge in [-0.05, 0) is 43.0 Å². The summed E-state index contributed by atoms with van der Waals surface area (Å²) in [6, 6.07) is 0.653. The lowest BCUT2D eigenvalue weighted by Gasteiger charge is -2.33. The summed E-state index contributed by atoms with van der Waals surface area (Å²) in [5.41, 5.74) is 5.51. The topological polar surface area (TPSA) is 97.3 Å². The van der Waals surface area contributed by atoms with Crippen molar-refractivity contribution in [2.24, 2.45) is 0 Å². The fourth-order valence-electron chi connectivity index (χ4n) is 2.41. The molecule has 0 aromatic carbocycles. The summed E-state index contributed by atoms with van der Waals surface area (Å²) in [6.07, 6.45) is 4.79. The molecule has 1 amide bonds. The van der Waals surface area contributed by atoms with Crippen molar-refractivity contribution in [1.82, 2.24) is 20.5 Å². The average molecular weight is 267 g/mol. The molecule has 7 nitrogen and oxygen atoms in total. The zero-order chi connectivity index (χ0) is 13.7. The van der Waals surface area contributed by atoms with E-state index in [1.54, 1.807) is 0 Å². The molecule has 3 N–H and O–H groups in total. The molecule has 2 heterocycles. The summed E-state index contributed by atoms with van der Waals surface area (Å²) in [7, 11) is 0. The van der Waals surface area contributed by atoms with Gasteiger partial charge < -0.3 is 16.0 Å². The van der Waals surface area contributed by atoms with E-state index in [0.717, 1.165) is 19.5 Å². The second kappa shape index (κ2) is 6.51. The average Bonchev–Trinajstić information content (AvgIpc) is 2.82. The van der Waals surface area contributed by atoms with Crippen molar-refractivity contribution in [1.29, 1.82) is 0 Å². The normalized spacial score (nSPS) is 20.4. The first-order valence-corrected chi connectivity index (χ1v) is 6.78. The molecule has 1 fully saturated rings. The number of nitrogens with two attached hydrogens (primary N) is 1. The van der Waals surface area contributed by atoms with Gasteiger partial charge in [0.2, 0.25) is 11.5 Å². The van der Waals surface area contributed by atoms with Crippen LogP contribution in [0.5, 0.6) is 0 Å². The fourth-order valence-corrected chi connectivity index (χ4v) is 2.41. The number of carbonyl (C=O) groups excluding carboxylic acids is 1. The lowest BCUT2D eigenvalue weighted by Crippen LogP contribution is -2.39. The number of amides is 1. The lowest BCUT2D eigenvalue weighted by molar-refractivity contribution is 0.0939. The molecule has 1 unspecified atom stereocenters. The van der Waals surface area contributed by atoms with Crippen molar-refractivity contribution >= 4 is 11.7 Å². The van der Waals surface area contributed by atoms with Crippen LogP contribution in [-0.4, -0.2) is 46.8 Å². The Balaban J connectivity index is 1.67. The number of aromatic nitrogens is 2. The molecule has 0 aliphatic carbocycles. The van der Waals surface area contributed by atoms with Crippen LogP contribution in [-0.2, 0) is 0 Å². The Morgan fingerprint density at radius 3 is 3.05 bits per heavy atom. The largest absolute Gasteiger partial charge is 0.379 e. The van der Waals surface area contributed by atoms with E-state index in [4.69, 9.17) is 5.73 Å². The minimum absolute atomic E-state index is 0.0298. The molecular weight excluding hydrogens is 246 g/mol. The Kier molecular flexibility index (Phi) is 4.73. The molecule has 0 bridgehead atoms. The summed E-state index contributed by atoms with van der Waals surface area (Å²) in [6.45, 7) is 5.04. The third kappa shape index (κ3) is 3.66. The maximum atomic E-state index is 11.7. The lowest BCUT2D eigenvalue weighted by atomic mass is 10.0. The minimum atomic E-state index is -0.328. The first-order chi connectivity index (χ1) is 9.18. The van der Waals surface area contributed by atoms with Crippen LogP contribution in [0.15, 0.2) is 4.63 Å². The van der Waals surface area contributed by atoms with Crippen LogP contribution in [0.3, 0.4) is 0 Å². The van der Waals surface area contributed by atoms with Gasteiger partial charge in [-0.25, -0.2) is 4.63 Å². The van der Waals surface area contributed by atoms with Gasteiger partial charge in [0.25, 0.3) is 5.91 Å². The first-order valence-electron chi connectivity index (χ1n) is 6.78. The summed E-state index contributed by atoms with van der Waals surface area (Å²) in [5.74, 6) is -0.299. The van der Waals surface area contributed by atoms with Gasteiger partial charge in [0, 0.05) is 19.1 Å². The van der Waals surface area contributed by atoms with Crippen LogP contribution < -0.4 is 11.1 Å². The maximum Gasteiger partial charge on any atom is 0.277 e. The summed E-state index contributed by atoms with van der Waals surface area (Å²) >= 11 is 0. The second-order valence-electron chi connectivity index (χ2n) is 4.99. The van der Waals surface area contributed by atoms with E-state index in [2.05, 4.69) is 32.1 Å². The maximum absolute atomic E-state index is 11.7. The van der Waals surface area contributed by atoms with Crippen LogP contribution in [0.4, 0.5) is 5.82 Å². The van der Waals surface area contributed by atoms with E-state index in [-0.39, 0.29) is 17.4 Å². The third-order valence-corrected chi connectivity index (χ3v) is 3.58. The zero-order valence-corrected chi connectivity index (χ0v) is 11.3. The van der Waals surface area contributed by atoms with Gasteiger partial charge >= 0.3 is 0 Å². The summed E-state index contributed by atoms with van der Waals surface area (Å²) in [4.78, 5) is 14.1. The Bertz CT molecular complexity index is 420. The number of hydrogen-bond acceptors (Lipinski definition) is 6. The molecule has 1 aromatic rings. The number of hydrogen-bond donors (Lipinski definition) is 2. The molecule has 1 aliphatic heterocycles. The molecule has 0 spiro atoms. The predicted octanol–water partition coefficient (Wildman–Crippen LogP) is 0.646. The molecule has 1 aromatic heterocycles. The number of piperidine rings is 1. The van der Waals surface area contributed by atoms with E-state index in [1.165, 1.54) is 19.3 Å². The van der Waals surface area contributed by atoms with E-state index >= 15 is 0 Å².